The summed E-state index contributed by atoms with van der Waals surface area (Å²) in [5.41, 5.74) is 0.985. The van der Waals surface area contributed by atoms with E-state index in [2.05, 4.69) is 46.6 Å². The number of nitrogens with zero attached hydrogens (tertiary/aromatic N) is 3. The second kappa shape index (κ2) is 5.87. The quantitative estimate of drug-likeness (QED) is 0.795. The van der Waals surface area contributed by atoms with Gasteiger partial charge in [-0.3, -0.25) is 4.40 Å². The van der Waals surface area contributed by atoms with Crippen LogP contribution in [0.3, 0.4) is 0 Å². The molecule has 0 aliphatic carbocycles. The predicted molar refractivity (Wildman–Crippen MR) is 76.1 cm³/mol. The fourth-order valence-electron chi connectivity index (χ4n) is 1.89. The molecule has 2 aromatic rings. The third-order valence-corrected chi connectivity index (χ3v) is 3.30. The Labute approximate surface area is 109 Å². The van der Waals surface area contributed by atoms with E-state index in [1.165, 1.54) is 0 Å². The maximum Gasteiger partial charge on any atom is 0.138 e. The van der Waals surface area contributed by atoms with Crippen molar-refractivity contribution in [2.45, 2.75) is 26.3 Å². The summed E-state index contributed by atoms with van der Waals surface area (Å²) in [5, 5.41) is 3.46. The van der Waals surface area contributed by atoms with Crippen LogP contribution in [0.2, 0.25) is 0 Å². The normalized spacial score (nSPS) is 11.6. The highest BCUT2D eigenvalue weighted by Crippen LogP contribution is 2.10. The van der Waals surface area contributed by atoms with E-state index < -0.39 is 0 Å². The molecule has 4 heteroatoms. The molecule has 0 atom stereocenters. The summed E-state index contributed by atoms with van der Waals surface area (Å²) in [4.78, 5) is 6.63. The molecule has 0 amide bonds. The van der Waals surface area contributed by atoms with Crippen LogP contribution in [-0.2, 0) is 0 Å². The third kappa shape index (κ3) is 3.01. The zero-order valence-corrected chi connectivity index (χ0v) is 11.4. The van der Waals surface area contributed by atoms with Crippen molar-refractivity contribution in [1.29, 1.82) is 0 Å². The average molecular weight is 246 g/mol. The first-order chi connectivity index (χ1) is 8.68. The van der Waals surface area contributed by atoms with Crippen molar-refractivity contribution in [3.8, 4) is 0 Å². The molecule has 2 aromatic heterocycles. The summed E-state index contributed by atoms with van der Waals surface area (Å²) in [6.07, 6.45) is 4.95. The number of hydrogen-bond acceptors (Lipinski definition) is 3. The van der Waals surface area contributed by atoms with Crippen molar-refractivity contribution in [2.24, 2.45) is 0 Å². The van der Waals surface area contributed by atoms with Crippen molar-refractivity contribution >= 4 is 11.5 Å². The molecule has 2 heterocycles. The summed E-state index contributed by atoms with van der Waals surface area (Å²) < 4.78 is 2.08. The zero-order chi connectivity index (χ0) is 13.0. The molecule has 0 unspecified atom stereocenters. The molecule has 0 radical (unpaired) electrons. The van der Waals surface area contributed by atoms with Gasteiger partial charge in [0.25, 0.3) is 0 Å². The Morgan fingerprint density at radius 3 is 3.00 bits per heavy atom. The van der Waals surface area contributed by atoms with Crippen molar-refractivity contribution in [3.63, 3.8) is 0 Å². The van der Waals surface area contributed by atoms with Crippen LogP contribution in [0.4, 0.5) is 5.82 Å². The van der Waals surface area contributed by atoms with Gasteiger partial charge < -0.3 is 10.2 Å². The van der Waals surface area contributed by atoms with Crippen LogP contribution in [0.15, 0.2) is 30.6 Å². The van der Waals surface area contributed by atoms with Crippen LogP contribution in [0.5, 0.6) is 0 Å². The highest BCUT2D eigenvalue weighted by Gasteiger charge is 2.03. The summed E-state index contributed by atoms with van der Waals surface area (Å²) in [6, 6.07) is 6.74. The molecule has 0 fully saturated rings. The zero-order valence-electron chi connectivity index (χ0n) is 11.4. The molecule has 0 saturated carbocycles. The molecule has 4 nitrogen and oxygen atoms in total. The molecule has 0 aromatic carbocycles. The molecule has 18 heavy (non-hydrogen) atoms. The van der Waals surface area contributed by atoms with Crippen LogP contribution in [0, 0.1) is 0 Å². The second-order valence-electron chi connectivity index (χ2n) is 4.92. The number of anilines is 1. The first-order valence-corrected chi connectivity index (χ1v) is 6.54. The van der Waals surface area contributed by atoms with Crippen molar-refractivity contribution < 1.29 is 0 Å². The second-order valence-corrected chi connectivity index (χ2v) is 4.92. The highest BCUT2D eigenvalue weighted by atomic mass is 15.1. The molecule has 1 N–H and O–H groups in total. The standard InChI is InChI=1S/C14H22N4/c1-12(2)17(3)10-5-8-15-13-6-4-7-14-16-9-11-18(13)14/h4,6-7,9,11-12,15H,5,8,10H2,1-3H3. The van der Waals surface area contributed by atoms with E-state index in [9.17, 15) is 0 Å². The number of nitrogens with one attached hydrogen (secondary N) is 1. The summed E-state index contributed by atoms with van der Waals surface area (Å²) in [7, 11) is 2.17. The van der Waals surface area contributed by atoms with E-state index in [-0.39, 0.29) is 0 Å². The van der Waals surface area contributed by atoms with Gasteiger partial charge in [0.15, 0.2) is 0 Å². The summed E-state index contributed by atoms with van der Waals surface area (Å²) in [6.45, 7) is 6.54. The van der Waals surface area contributed by atoms with Gasteiger partial charge in [-0.05, 0) is 46.0 Å². The fourth-order valence-corrected chi connectivity index (χ4v) is 1.89. The monoisotopic (exact) mass is 246 g/mol. The molecule has 2 rings (SSSR count). The molecular weight excluding hydrogens is 224 g/mol. The van der Waals surface area contributed by atoms with E-state index in [1.807, 2.05) is 24.5 Å². The molecule has 0 saturated heterocycles. The lowest BCUT2D eigenvalue weighted by atomic mass is 10.3. The number of pyridine rings is 1. The Hall–Kier alpha value is -1.55. The first-order valence-electron chi connectivity index (χ1n) is 6.54. The minimum atomic E-state index is 0.613. The van der Waals surface area contributed by atoms with Gasteiger partial charge in [-0.25, -0.2) is 4.98 Å². The van der Waals surface area contributed by atoms with Gasteiger partial charge in [0.05, 0.1) is 0 Å². The van der Waals surface area contributed by atoms with Gasteiger partial charge in [-0.2, -0.15) is 0 Å². The van der Waals surface area contributed by atoms with Crippen LogP contribution >= 0.6 is 0 Å². The molecule has 0 spiro atoms. The predicted octanol–water partition coefficient (Wildman–Crippen LogP) is 2.48. The molecule has 98 valence electrons. The fraction of sp³-hybridized carbons (Fsp3) is 0.500. The van der Waals surface area contributed by atoms with Gasteiger partial charge in [-0.15, -0.1) is 0 Å². The van der Waals surface area contributed by atoms with Gasteiger partial charge in [0, 0.05) is 25.0 Å². The van der Waals surface area contributed by atoms with Gasteiger partial charge in [-0.1, -0.05) is 6.07 Å². The molecular formula is C14H22N4. The lowest BCUT2D eigenvalue weighted by molar-refractivity contribution is 0.273. The number of rotatable bonds is 6. The van der Waals surface area contributed by atoms with Crippen LogP contribution < -0.4 is 5.32 Å². The lowest BCUT2D eigenvalue weighted by Gasteiger charge is -2.20. The maximum atomic E-state index is 4.27. The van der Waals surface area contributed by atoms with Crippen molar-refractivity contribution in [2.75, 3.05) is 25.5 Å². The van der Waals surface area contributed by atoms with Gasteiger partial charge in [0.1, 0.15) is 11.5 Å². The van der Waals surface area contributed by atoms with Gasteiger partial charge in [0.2, 0.25) is 0 Å². The number of imidazole rings is 1. The summed E-state index contributed by atoms with van der Waals surface area (Å²) in [5.74, 6) is 1.11. The Morgan fingerprint density at radius 2 is 2.22 bits per heavy atom. The number of fused-ring (bicyclic) bond motifs is 1. The third-order valence-electron chi connectivity index (χ3n) is 3.30. The minimum Gasteiger partial charge on any atom is -0.371 e. The Morgan fingerprint density at radius 1 is 1.39 bits per heavy atom. The molecule has 0 aliphatic rings. The number of aromatic nitrogens is 2. The lowest BCUT2D eigenvalue weighted by Crippen LogP contribution is -2.28. The molecule has 0 aliphatic heterocycles. The largest absolute Gasteiger partial charge is 0.371 e. The summed E-state index contributed by atoms with van der Waals surface area (Å²) >= 11 is 0. The SMILES string of the molecule is CC(C)N(C)CCCNc1cccc2nccn12. The van der Waals surface area contributed by atoms with E-state index in [1.54, 1.807) is 0 Å². The first kappa shape index (κ1) is 12.9. The van der Waals surface area contributed by atoms with Crippen LogP contribution in [0.1, 0.15) is 20.3 Å². The van der Waals surface area contributed by atoms with Crippen molar-refractivity contribution in [3.05, 3.63) is 30.6 Å². The van der Waals surface area contributed by atoms with E-state index in [0.717, 1.165) is 31.0 Å². The van der Waals surface area contributed by atoms with Crippen molar-refractivity contribution in [1.82, 2.24) is 14.3 Å². The van der Waals surface area contributed by atoms with Crippen LogP contribution in [-0.4, -0.2) is 40.5 Å². The molecule has 0 bridgehead atoms. The smallest absolute Gasteiger partial charge is 0.138 e. The minimum absolute atomic E-state index is 0.613. The van der Waals surface area contributed by atoms with Gasteiger partial charge >= 0.3 is 0 Å². The number of hydrogen-bond donors (Lipinski definition) is 1. The topological polar surface area (TPSA) is 32.6 Å². The van der Waals surface area contributed by atoms with Crippen LogP contribution in [0.25, 0.3) is 5.65 Å². The Bertz CT molecular complexity index is 489. The highest BCUT2D eigenvalue weighted by molar-refractivity contribution is 5.49. The average Bonchev–Trinajstić information content (AvgIpc) is 2.83. The Balaban J connectivity index is 1.85. The van der Waals surface area contributed by atoms with E-state index in [4.69, 9.17) is 0 Å². The Kier molecular flexibility index (Phi) is 4.20. The van der Waals surface area contributed by atoms with E-state index in [0.29, 0.717) is 6.04 Å². The van der Waals surface area contributed by atoms with E-state index >= 15 is 0 Å². The maximum absolute atomic E-state index is 4.27.